The van der Waals surface area contributed by atoms with E-state index in [0.717, 1.165) is 31.6 Å². The Kier molecular flexibility index (Phi) is 5.46. The summed E-state index contributed by atoms with van der Waals surface area (Å²) in [6.45, 7) is 4.71. The molecule has 1 aromatic rings. The summed E-state index contributed by atoms with van der Waals surface area (Å²) in [6.07, 6.45) is 6.74. The Bertz CT molecular complexity index is 585. The van der Waals surface area contributed by atoms with E-state index in [-0.39, 0.29) is 12.1 Å². The zero-order chi connectivity index (χ0) is 17.8. The molecule has 4 rings (SSSR count). The Balaban J connectivity index is 1.15. The van der Waals surface area contributed by atoms with Crippen LogP contribution in [-0.4, -0.2) is 49.4 Å². The Morgan fingerprint density at radius 2 is 1.81 bits per heavy atom. The van der Waals surface area contributed by atoms with Crippen molar-refractivity contribution in [2.45, 2.75) is 57.2 Å². The predicted octanol–water partition coefficient (Wildman–Crippen LogP) is 3.34. The lowest BCUT2D eigenvalue weighted by atomic mass is 9.76. The van der Waals surface area contributed by atoms with Crippen molar-refractivity contribution >= 4 is 6.09 Å². The molecule has 0 aromatic heterocycles. The van der Waals surface area contributed by atoms with E-state index in [4.69, 9.17) is 9.47 Å². The van der Waals surface area contributed by atoms with E-state index in [1.54, 1.807) is 0 Å². The van der Waals surface area contributed by atoms with Crippen LogP contribution in [0.3, 0.4) is 0 Å². The number of amides is 1. The number of rotatable bonds is 4. The molecule has 1 aliphatic carbocycles. The smallest absolute Gasteiger partial charge is 0.407 e. The largest absolute Gasteiger partial charge is 0.445 e. The molecular formula is C21H30N2O3. The first-order chi connectivity index (χ1) is 12.7. The van der Waals surface area contributed by atoms with Crippen molar-refractivity contribution in [2.24, 2.45) is 5.41 Å². The topological polar surface area (TPSA) is 50.8 Å². The summed E-state index contributed by atoms with van der Waals surface area (Å²) < 4.78 is 10.8. The van der Waals surface area contributed by atoms with Crippen molar-refractivity contribution in [3.05, 3.63) is 35.9 Å². The van der Waals surface area contributed by atoms with E-state index in [9.17, 15) is 4.79 Å². The fourth-order valence-electron chi connectivity index (χ4n) is 4.56. The quantitative estimate of drug-likeness (QED) is 0.897. The molecule has 1 spiro atoms. The van der Waals surface area contributed by atoms with Crippen molar-refractivity contribution in [1.82, 2.24) is 10.2 Å². The van der Waals surface area contributed by atoms with Gasteiger partial charge in [0.15, 0.2) is 0 Å². The highest BCUT2D eigenvalue weighted by Gasteiger charge is 2.42. The van der Waals surface area contributed by atoms with E-state index in [2.05, 4.69) is 10.2 Å². The average molecular weight is 358 g/mol. The Hall–Kier alpha value is -1.59. The van der Waals surface area contributed by atoms with Crippen molar-refractivity contribution in [3.63, 3.8) is 0 Å². The van der Waals surface area contributed by atoms with Crippen LogP contribution in [0.5, 0.6) is 0 Å². The van der Waals surface area contributed by atoms with Crippen molar-refractivity contribution in [3.8, 4) is 0 Å². The lowest BCUT2D eigenvalue weighted by Crippen LogP contribution is -2.54. The number of nitrogens with zero attached hydrogens (tertiary/aromatic N) is 1. The maximum absolute atomic E-state index is 12.0. The molecule has 1 amide bonds. The summed E-state index contributed by atoms with van der Waals surface area (Å²) in [5.74, 6) is 0. The number of ether oxygens (including phenoxy) is 2. The maximum atomic E-state index is 12.0. The van der Waals surface area contributed by atoms with Crippen LogP contribution in [0.2, 0.25) is 0 Å². The number of hydrogen-bond donors (Lipinski definition) is 1. The highest BCUT2D eigenvalue weighted by molar-refractivity contribution is 5.67. The fourth-order valence-corrected chi connectivity index (χ4v) is 4.56. The molecule has 2 saturated heterocycles. The zero-order valence-corrected chi connectivity index (χ0v) is 15.5. The van der Waals surface area contributed by atoms with E-state index >= 15 is 0 Å². The van der Waals surface area contributed by atoms with Gasteiger partial charge in [0.1, 0.15) is 6.61 Å². The molecule has 5 nitrogen and oxygen atoms in total. The molecule has 1 aromatic carbocycles. The van der Waals surface area contributed by atoms with Crippen LogP contribution in [0.15, 0.2) is 30.3 Å². The molecule has 3 fully saturated rings. The van der Waals surface area contributed by atoms with Gasteiger partial charge in [0.25, 0.3) is 0 Å². The van der Waals surface area contributed by atoms with Gasteiger partial charge in [-0.3, -0.25) is 0 Å². The van der Waals surface area contributed by atoms with Gasteiger partial charge in [0, 0.05) is 17.5 Å². The summed E-state index contributed by atoms with van der Waals surface area (Å²) in [4.78, 5) is 14.7. The van der Waals surface area contributed by atoms with Gasteiger partial charge in [0.2, 0.25) is 0 Å². The predicted molar refractivity (Wildman–Crippen MR) is 99.9 cm³/mol. The van der Waals surface area contributed by atoms with Gasteiger partial charge < -0.3 is 19.7 Å². The number of alkyl carbamates (subject to hydrolysis) is 1. The number of piperidine rings is 1. The normalized spacial score (nSPS) is 28.3. The minimum Gasteiger partial charge on any atom is -0.445 e. The highest BCUT2D eigenvalue weighted by Crippen LogP contribution is 2.39. The van der Waals surface area contributed by atoms with E-state index in [1.165, 1.54) is 38.8 Å². The second-order valence-electron chi connectivity index (χ2n) is 8.24. The van der Waals surface area contributed by atoms with Gasteiger partial charge in [-0.15, -0.1) is 0 Å². The lowest BCUT2D eigenvalue weighted by molar-refractivity contribution is -0.143. The SMILES string of the molecule is O=C(NC1CCC(N2CCC3(CC2)COC3)CC1)OCc1ccccc1. The lowest BCUT2D eigenvalue weighted by Gasteiger charge is -2.49. The molecule has 142 valence electrons. The second-order valence-corrected chi connectivity index (χ2v) is 8.24. The molecule has 5 heteroatoms. The van der Waals surface area contributed by atoms with Gasteiger partial charge in [-0.1, -0.05) is 30.3 Å². The van der Waals surface area contributed by atoms with Crippen LogP contribution in [0.1, 0.15) is 44.1 Å². The monoisotopic (exact) mass is 358 g/mol. The molecule has 0 unspecified atom stereocenters. The first-order valence-electron chi connectivity index (χ1n) is 10.0. The zero-order valence-electron chi connectivity index (χ0n) is 15.5. The van der Waals surface area contributed by atoms with Gasteiger partial charge in [0.05, 0.1) is 13.2 Å². The van der Waals surface area contributed by atoms with Crippen LogP contribution in [0.4, 0.5) is 4.79 Å². The molecule has 2 aliphatic heterocycles. The Labute approximate surface area is 156 Å². The highest BCUT2D eigenvalue weighted by atomic mass is 16.5. The number of nitrogens with one attached hydrogen (secondary N) is 1. The summed E-state index contributed by atoms with van der Waals surface area (Å²) in [5, 5.41) is 3.05. The molecule has 2 heterocycles. The van der Waals surface area contributed by atoms with Crippen molar-refractivity contribution in [2.75, 3.05) is 26.3 Å². The number of carbonyl (C=O) groups excluding carboxylic acids is 1. The summed E-state index contributed by atoms with van der Waals surface area (Å²) >= 11 is 0. The molecule has 26 heavy (non-hydrogen) atoms. The van der Waals surface area contributed by atoms with Crippen molar-refractivity contribution in [1.29, 1.82) is 0 Å². The van der Waals surface area contributed by atoms with E-state index < -0.39 is 0 Å². The van der Waals surface area contributed by atoms with E-state index in [1.807, 2.05) is 30.3 Å². The minimum atomic E-state index is -0.290. The summed E-state index contributed by atoms with van der Waals surface area (Å²) in [6, 6.07) is 10.8. The van der Waals surface area contributed by atoms with Crippen LogP contribution in [0.25, 0.3) is 0 Å². The minimum absolute atomic E-state index is 0.255. The molecule has 3 aliphatic rings. The third-order valence-corrected chi connectivity index (χ3v) is 6.42. The van der Waals surface area contributed by atoms with Crippen LogP contribution in [-0.2, 0) is 16.1 Å². The van der Waals surface area contributed by atoms with E-state index in [0.29, 0.717) is 18.1 Å². The van der Waals surface area contributed by atoms with Crippen LogP contribution >= 0.6 is 0 Å². The molecular weight excluding hydrogens is 328 g/mol. The summed E-state index contributed by atoms with van der Waals surface area (Å²) in [7, 11) is 0. The van der Waals surface area contributed by atoms with Crippen LogP contribution in [0, 0.1) is 5.41 Å². The number of benzene rings is 1. The number of carbonyl (C=O) groups is 1. The second kappa shape index (κ2) is 7.97. The molecule has 1 saturated carbocycles. The maximum Gasteiger partial charge on any atom is 0.407 e. The molecule has 0 radical (unpaired) electrons. The Morgan fingerprint density at radius 1 is 1.12 bits per heavy atom. The first kappa shape index (κ1) is 17.8. The van der Waals surface area contributed by atoms with Crippen LogP contribution < -0.4 is 5.32 Å². The fraction of sp³-hybridized carbons (Fsp3) is 0.667. The van der Waals surface area contributed by atoms with Gasteiger partial charge in [-0.05, 0) is 57.2 Å². The number of hydrogen-bond acceptors (Lipinski definition) is 4. The van der Waals surface area contributed by atoms with Gasteiger partial charge in [-0.2, -0.15) is 0 Å². The Morgan fingerprint density at radius 3 is 2.42 bits per heavy atom. The number of likely N-dealkylation sites (tertiary alicyclic amines) is 1. The van der Waals surface area contributed by atoms with Gasteiger partial charge in [-0.25, -0.2) is 4.79 Å². The third kappa shape index (κ3) is 4.21. The average Bonchev–Trinajstić information content (AvgIpc) is 2.67. The van der Waals surface area contributed by atoms with Gasteiger partial charge >= 0.3 is 6.09 Å². The summed E-state index contributed by atoms with van der Waals surface area (Å²) in [5.41, 5.74) is 1.53. The molecule has 0 bridgehead atoms. The standard InChI is InChI=1S/C21H30N2O3/c24-20(26-14-17-4-2-1-3-5-17)22-18-6-8-19(9-7-18)23-12-10-21(11-13-23)15-25-16-21/h1-5,18-19H,6-16H2,(H,22,24). The molecule has 0 atom stereocenters. The third-order valence-electron chi connectivity index (χ3n) is 6.42. The molecule has 1 N–H and O–H groups in total. The van der Waals surface area contributed by atoms with Crippen molar-refractivity contribution < 1.29 is 14.3 Å². The first-order valence-corrected chi connectivity index (χ1v) is 10.0.